The van der Waals surface area contributed by atoms with Crippen molar-refractivity contribution in [3.63, 3.8) is 0 Å². The maximum Gasteiger partial charge on any atom is 0.410 e. The summed E-state index contributed by atoms with van der Waals surface area (Å²) >= 11 is 5.84. The molecule has 2 rings (SSSR count). The van der Waals surface area contributed by atoms with Crippen LogP contribution in [0, 0.1) is 10.1 Å². The van der Waals surface area contributed by atoms with Gasteiger partial charge in [-0.3, -0.25) is 4.57 Å². The summed E-state index contributed by atoms with van der Waals surface area (Å²) in [6, 6.07) is 0. The number of carbonyl (C=O) groups excluding carboxylic acids is 2. The Morgan fingerprint density at radius 1 is 1.20 bits per heavy atom. The van der Waals surface area contributed by atoms with Crippen molar-refractivity contribution in [2.24, 2.45) is 0 Å². The molecule has 0 radical (unpaired) electrons. The van der Waals surface area contributed by atoms with Gasteiger partial charge in [0.1, 0.15) is 24.0 Å². The van der Waals surface area contributed by atoms with E-state index in [2.05, 4.69) is 4.98 Å². The molecule has 1 saturated heterocycles. The molecule has 1 aliphatic rings. The number of nitrogens with zero attached hydrogens (tertiary/aromatic N) is 5. The van der Waals surface area contributed by atoms with E-state index in [0.717, 1.165) is 6.20 Å². The quantitative estimate of drug-likeness (QED) is 0.532. The first kappa shape index (κ1) is 23.7. The van der Waals surface area contributed by atoms with Crippen LogP contribution < -0.4 is 0 Å². The molecule has 0 aromatic carbocycles. The highest BCUT2D eigenvalue weighted by molar-refractivity contribution is 6.28. The predicted octanol–water partition coefficient (Wildman–Crippen LogP) is 1.88. The first-order chi connectivity index (χ1) is 13.8. The Morgan fingerprint density at radius 3 is 2.20 bits per heavy atom. The van der Waals surface area contributed by atoms with Gasteiger partial charge in [-0.25, -0.2) is 9.59 Å². The van der Waals surface area contributed by atoms with E-state index in [-0.39, 0.29) is 31.5 Å². The number of hydrogen-bond acceptors (Lipinski definition) is 8. The van der Waals surface area contributed by atoms with Crippen molar-refractivity contribution in [1.29, 1.82) is 0 Å². The number of piperazine rings is 1. The van der Waals surface area contributed by atoms with Crippen molar-refractivity contribution in [1.82, 2.24) is 19.4 Å². The van der Waals surface area contributed by atoms with Crippen LogP contribution in [0.1, 0.15) is 27.7 Å². The number of carbonyl (C=O) groups is 2. The van der Waals surface area contributed by atoms with E-state index in [1.807, 2.05) is 0 Å². The van der Waals surface area contributed by atoms with E-state index in [4.69, 9.17) is 21.1 Å². The van der Waals surface area contributed by atoms with Gasteiger partial charge in [0.15, 0.2) is 0 Å². The Balaban J connectivity index is 1.82. The molecular weight excluding hydrogens is 422 g/mol. The fourth-order valence-electron chi connectivity index (χ4n) is 2.70. The van der Waals surface area contributed by atoms with Crippen LogP contribution >= 0.6 is 11.6 Å². The Kier molecular flexibility index (Phi) is 7.14. The number of imidazole rings is 1. The molecule has 1 N–H and O–H groups in total. The Morgan fingerprint density at radius 2 is 1.73 bits per heavy atom. The predicted molar refractivity (Wildman–Crippen MR) is 105 cm³/mol. The fraction of sp³-hybridized carbons (Fsp3) is 0.706. The number of ether oxygens (including phenoxy) is 2. The molecule has 1 fully saturated rings. The van der Waals surface area contributed by atoms with E-state index in [1.54, 1.807) is 20.8 Å². The zero-order chi connectivity index (χ0) is 22.7. The lowest BCUT2D eigenvalue weighted by molar-refractivity contribution is -0.389. The molecule has 0 spiro atoms. The molecule has 2 amide bonds. The van der Waals surface area contributed by atoms with Gasteiger partial charge >= 0.3 is 23.3 Å². The van der Waals surface area contributed by atoms with Gasteiger partial charge in [-0.15, -0.1) is 0 Å². The molecule has 1 atom stereocenters. The van der Waals surface area contributed by atoms with E-state index in [0.29, 0.717) is 13.1 Å². The third-order valence-corrected chi connectivity index (χ3v) is 4.41. The third-order valence-electron chi connectivity index (χ3n) is 4.11. The summed E-state index contributed by atoms with van der Waals surface area (Å²) in [7, 11) is 0. The summed E-state index contributed by atoms with van der Waals surface area (Å²) in [6.07, 6.45) is 0.0145. The van der Waals surface area contributed by atoms with Gasteiger partial charge in [0.05, 0.1) is 6.54 Å². The van der Waals surface area contributed by atoms with E-state index < -0.39 is 34.1 Å². The number of hydrogen-bond donors (Lipinski definition) is 1. The van der Waals surface area contributed by atoms with Gasteiger partial charge in [-0.2, -0.15) is 0 Å². The fourth-order valence-corrected chi connectivity index (χ4v) is 2.89. The molecule has 30 heavy (non-hydrogen) atoms. The minimum absolute atomic E-state index is 0.160. The molecule has 12 nitrogen and oxygen atoms in total. The molecular formula is C17H26ClN5O7. The Bertz CT molecular complexity index is 797. The van der Waals surface area contributed by atoms with Crippen LogP contribution in [0.25, 0.3) is 0 Å². The summed E-state index contributed by atoms with van der Waals surface area (Å²) < 4.78 is 11.7. The van der Waals surface area contributed by atoms with Crippen LogP contribution in [-0.2, 0) is 16.0 Å². The highest BCUT2D eigenvalue weighted by atomic mass is 35.5. The van der Waals surface area contributed by atoms with Crippen molar-refractivity contribution in [3.05, 3.63) is 21.6 Å². The third kappa shape index (κ3) is 6.73. The zero-order valence-corrected chi connectivity index (χ0v) is 18.1. The van der Waals surface area contributed by atoms with E-state index >= 15 is 0 Å². The van der Waals surface area contributed by atoms with Crippen molar-refractivity contribution in [2.75, 3.05) is 32.8 Å². The molecule has 0 aliphatic carbocycles. The highest BCUT2D eigenvalue weighted by Crippen LogP contribution is 2.19. The summed E-state index contributed by atoms with van der Waals surface area (Å²) in [6.45, 7) is 7.34. The monoisotopic (exact) mass is 447 g/mol. The number of rotatable bonds is 5. The Labute approximate surface area is 178 Å². The number of halogens is 1. The van der Waals surface area contributed by atoms with Crippen molar-refractivity contribution >= 4 is 29.6 Å². The lowest BCUT2D eigenvalue weighted by Crippen LogP contribution is -2.52. The molecule has 1 aromatic rings. The first-order valence-corrected chi connectivity index (χ1v) is 9.64. The SMILES string of the molecule is CC(O)(COC(=O)N1CCN(C(=O)OC(C)(C)C)CC1)Cn1cc([N+](=O)[O-])nc1Cl. The minimum atomic E-state index is -1.54. The summed E-state index contributed by atoms with van der Waals surface area (Å²) in [5.74, 6) is -0.448. The molecule has 2 heterocycles. The number of amides is 2. The topological polar surface area (TPSA) is 140 Å². The number of aromatic nitrogens is 2. The molecule has 1 unspecified atom stereocenters. The molecule has 168 valence electrons. The van der Waals surface area contributed by atoms with Crippen LogP contribution in [0.15, 0.2) is 6.20 Å². The van der Waals surface area contributed by atoms with Gasteiger partial charge in [-0.05, 0) is 49.2 Å². The summed E-state index contributed by atoms with van der Waals surface area (Å²) in [4.78, 5) is 40.9. The number of nitro groups is 1. The summed E-state index contributed by atoms with van der Waals surface area (Å²) in [5, 5.41) is 21.1. The smallest absolute Gasteiger partial charge is 0.410 e. The normalized spacial score (nSPS) is 16.7. The highest BCUT2D eigenvalue weighted by Gasteiger charge is 2.31. The molecule has 13 heteroatoms. The van der Waals surface area contributed by atoms with Gasteiger partial charge in [0.25, 0.3) is 0 Å². The van der Waals surface area contributed by atoms with Crippen LogP contribution in [0.4, 0.5) is 15.4 Å². The van der Waals surface area contributed by atoms with Gasteiger partial charge < -0.3 is 34.5 Å². The molecule has 1 aromatic heterocycles. The van der Waals surface area contributed by atoms with Crippen LogP contribution in [0.2, 0.25) is 5.28 Å². The maximum atomic E-state index is 12.3. The molecule has 0 bridgehead atoms. The van der Waals surface area contributed by atoms with Crippen molar-refractivity contribution in [3.8, 4) is 0 Å². The second-order valence-electron chi connectivity index (χ2n) is 8.26. The first-order valence-electron chi connectivity index (χ1n) is 9.26. The lowest BCUT2D eigenvalue weighted by Gasteiger charge is -2.35. The van der Waals surface area contributed by atoms with Crippen molar-refractivity contribution in [2.45, 2.75) is 45.4 Å². The standard InChI is InChI=1S/C17H26ClN5O7/c1-16(2,3)30-15(25)21-7-5-20(6-8-21)14(24)29-11-17(4,26)10-22-9-12(23(27)28)19-13(22)18/h9,26H,5-8,10-11H2,1-4H3. The van der Waals surface area contributed by atoms with Crippen molar-refractivity contribution < 1.29 is 29.1 Å². The van der Waals surface area contributed by atoms with Gasteiger partial charge in [-0.1, -0.05) is 0 Å². The maximum absolute atomic E-state index is 12.3. The second-order valence-corrected chi connectivity index (χ2v) is 8.60. The van der Waals surface area contributed by atoms with Crippen LogP contribution in [0.5, 0.6) is 0 Å². The largest absolute Gasteiger partial charge is 0.446 e. The average molecular weight is 448 g/mol. The van der Waals surface area contributed by atoms with Crippen LogP contribution in [0.3, 0.4) is 0 Å². The number of aliphatic hydroxyl groups is 1. The second kappa shape index (κ2) is 9.04. The summed E-state index contributed by atoms with van der Waals surface area (Å²) in [5.41, 5.74) is -2.14. The van der Waals surface area contributed by atoms with Gasteiger partial charge in [0.2, 0.25) is 0 Å². The van der Waals surface area contributed by atoms with Gasteiger partial charge in [0, 0.05) is 26.2 Å². The van der Waals surface area contributed by atoms with E-state index in [9.17, 15) is 24.8 Å². The van der Waals surface area contributed by atoms with Crippen LogP contribution in [-0.4, -0.2) is 85.6 Å². The lowest BCUT2D eigenvalue weighted by atomic mass is 10.1. The molecule has 0 saturated carbocycles. The van der Waals surface area contributed by atoms with E-state index in [1.165, 1.54) is 21.3 Å². The molecule has 1 aliphatic heterocycles. The zero-order valence-electron chi connectivity index (χ0n) is 17.3. The average Bonchev–Trinajstić information content (AvgIpc) is 2.99. The minimum Gasteiger partial charge on any atom is -0.446 e. The Hall–Kier alpha value is -2.60.